The molecular formula is C40H27N3. The summed E-state index contributed by atoms with van der Waals surface area (Å²) in [6, 6.07) is 52.8. The predicted octanol–water partition coefficient (Wildman–Crippen LogP) is 10.3. The zero-order chi connectivity index (χ0) is 28.6. The van der Waals surface area contributed by atoms with E-state index in [0.29, 0.717) is 5.84 Å². The predicted molar refractivity (Wildman–Crippen MR) is 181 cm³/mol. The van der Waals surface area contributed by atoms with Crippen LogP contribution in [0.5, 0.6) is 0 Å². The molecule has 202 valence electrons. The Morgan fingerprint density at radius 2 is 1.05 bits per heavy atom. The first kappa shape index (κ1) is 25.0. The van der Waals surface area contributed by atoms with Crippen LogP contribution in [-0.2, 0) is 0 Å². The van der Waals surface area contributed by atoms with Gasteiger partial charge in [-0.1, -0.05) is 146 Å². The Labute approximate surface area is 250 Å². The second kappa shape index (κ2) is 10.6. The highest BCUT2D eigenvalue weighted by molar-refractivity contribution is 6.39. The SMILES string of the molecule is C1=C(c2ccccc2)/C(=N/c2[nH]c(-c3cccc4ccccc34)cc2-c2ccccc2)N=C1c1cccc2ccccc12. The van der Waals surface area contributed by atoms with Gasteiger partial charge in [0.05, 0.1) is 5.71 Å². The molecular weight excluding hydrogens is 522 g/mol. The summed E-state index contributed by atoms with van der Waals surface area (Å²) in [5.74, 6) is 1.48. The minimum atomic E-state index is 0.692. The molecule has 1 aliphatic heterocycles. The van der Waals surface area contributed by atoms with Crippen LogP contribution in [0.1, 0.15) is 11.1 Å². The van der Waals surface area contributed by atoms with E-state index in [4.69, 9.17) is 9.98 Å². The van der Waals surface area contributed by atoms with Crippen LogP contribution in [0.4, 0.5) is 5.82 Å². The van der Waals surface area contributed by atoms with Crippen molar-refractivity contribution in [1.82, 2.24) is 4.98 Å². The van der Waals surface area contributed by atoms with Crippen LogP contribution in [0.25, 0.3) is 49.5 Å². The molecule has 0 radical (unpaired) electrons. The zero-order valence-corrected chi connectivity index (χ0v) is 23.4. The highest BCUT2D eigenvalue weighted by atomic mass is 15.0. The number of hydrogen-bond acceptors (Lipinski definition) is 1. The van der Waals surface area contributed by atoms with Crippen molar-refractivity contribution in [3.05, 3.63) is 169 Å². The molecule has 8 rings (SSSR count). The van der Waals surface area contributed by atoms with E-state index in [1.807, 2.05) is 12.1 Å². The van der Waals surface area contributed by atoms with E-state index in [2.05, 4.69) is 151 Å². The number of nitrogens with zero attached hydrogens (tertiary/aromatic N) is 2. The lowest BCUT2D eigenvalue weighted by atomic mass is 9.99. The molecule has 1 N–H and O–H groups in total. The maximum absolute atomic E-state index is 5.28. The normalized spacial score (nSPS) is 13.9. The average Bonchev–Trinajstić information content (AvgIpc) is 3.70. The van der Waals surface area contributed by atoms with Crippen molar-refractivity contribution < 1.29 is 0 Å². The van der Waals surface area contributed by atoms with Crippen molar-refractivity contribution in [3.8, 4) is 22.4 Å². The molecule has 43 heavy (non-hydrogen) atoms. The Hall–Kier alpha value is -5.80. The largest absolute Gasteiger partial charge is 0.339 e. The summed E-state index contributed by atoms with van der Waals surface area (Å²) in [4.78, 5) is 14.1. The van der Waals surface area contributed by atoms with E-state index in [1.165, 1.54) is 21.5 Å². The molecule has 0 bridgehead atoms. The molecule has 0 amide bonds. The molecule has 0 fully saturated rings. The first-order chi connectivity index (χ1) is 21.3. The third kappa shape index (κ3) is 4.58. The minimum absolute atomic E-state index is 0.692. The lowest BCUT2D eigenvalue weighted by Gasteiger charge is -2.05. The number of rotatable bonds is 5. The number of hydrogen-bond donors (Lipinski definition) is 1. The fourth-order valence-corrected chi connectivity index (χ4v) is 5.99. The fourth-order valence-electron chi connectivity index (χ4n) is 5.99. The first-order valence-electron chi connectivity index (χ1n) is 14.5. The summed E-state index contributed by atoms with van der Waals surface area (Å²) in [5, 5.41) is 4.78. The van der Waals surface area contributed by atoms with Gasteiger partial charge in [-0.05, 0) is 44.8 Å². The Balaban J connectivity index is 1.33. The van der Waals surface area contributed by atoms with Gasteiger partial charge in [0.2, 0.25) is 0 Å². The summed E-state index contributed by atoms with van der Waals surface area (Å²) < 4.78 is 0. The molecule has 0 spiro atoms. The maximum atomic E-state index is 5.28. The van der Waals surface area contributed by atoms with Gasteiger partial charge in [0, 0.05) is 28.0 Å². The number of benzene rings is 6. The van der Waals surface area contributed by atoms with E-state index < -0.39 is 0 Å². The van der Waals surface area contributed by atoms with Crippen molar-refractivity contribution in [3.63, 3.8) is 0 Å². The summed E-state index contributed by atoms with van der Waals surface area (Å²) in [6.07, 6.45) is 2.17. The fraction of sp³-hybridized carbons (Fsp3) is 0. The van der Waals surface area contributed by atoms with Gasteiger partial charge in [-0.25, -0.2) is 9.98 Å². The molecule has 0 saturated carbocycles. The van der Waals surface area contributed by atoms with Crippen molar-refractivity contribution >= 4 is 44.5 Å². The maximum Gasteiger partial charge on any atom is 0.162 e. The third-order valence-corrected chi connectivity index (χ3v) is 8.08. The quantitative estimate of drug-likeness (QED) is 0.222. The van der Waals surface area contributed by atoms with Crippen LogP contribution >= 0.6 is 0 Å². The molecule has 0 aliphatic carbocycles. The van der Waals surface area contributed by atoms with Crippen LogP contribution in [0, 0.1) is 0 Å². The molecule has 1 aliphatic rings. The van der Waals surface area contributed by atoms with Gasteiger partial charge in [-0.3, -0.25) is 0 Å². The molecule has 1 aromatic heterocycles. The van der Waals surface area contributed by atoms with Crippen molar-refractivity contribution in [2.75, 3.05) is 0 Å². The Morgan fingerprint density at radius 3 is 1.74 bits per heavy atom. The number of aromatic nitrogens is 1. The monoisotopic (exact) mass is 549 g/mol. The summed E-state index contributed by atoms with van der Waals surface area (Å²) in [6.45, 7) is 0. The highest BCUT2D eigenvalue weighted by Gasteiger charge is 2.22. The summed E-state index contributed by atoms with van der Waals surface area (Å²) in [7, 11) is 0. The standard InChI is InChI=1S/C40H27N3/c1-3-13-29(14-4-1)35-25-37(33-23-11-19-27-17-7-9-21-31(27)33)41-39(35)43-40-36(30-15-5-2-6-16-30)26-38(42-40)34-24-12-20-28-18-8-10-22-32(28)34/h1-26,41H/b43-40-. The van der Waals surface area contributed by atoms with E-state index in [1.54, 1.807) is 0 Å². The van der Waals surface area contributed by atoms with Gasteiger partial charge in [0.15, 0.2) is 5.84 Å². The lowest BCUT2D eigenvalue weighted by molar-refractivity contribution is 1.33. The van der Waals surface area contributed by atoms with Crippen molar-refractivity contribution in [2.45, 2.75) is 0 Å². The third-order valence-electron chi connectivity index (χ3n) is 8.08. The molecule has 0 saturated heterocycles. The van der Waals surface area contributed by atoms with Crippen LogP contribution in [0.3, 0.4) is 0 Å². The second-order valence-electron chi connectivity index (χ2n) is 10.7. The van der Waals surface area contributed by atoms with E-state index in [-0.39, 0.29) is 0 Å². The Bertz CT molecular complexity index is 2210. The number of fused-ring (bicyclic) bond motifs is 2. The lowest BCUT2D eigenvalue weighted by Crippen LogP contribution is -1.96. The molecule has 7 aromatic rings. The molecule has 3 nitrogen and oxygen atoms in total. The van der Waals surface area contributed by atoms with E-state index in [9.17, 15) is 0 Å². The Morgan fingerprint density at radius 1 is 0.488 bits per heavy atom. The zero-order valence-electron chi connectivity index (χ0n) is 23.4. The molecule has 0 unspecified atom stereocenters. The molecule has 3 heteroatoms. The average molecular weight is 550 g/mol. The van der Waals surface area contributed by atoms with Gasteiger partial charge in [0.25, 0.3) is 0 Å². The molecule has 2 heterocycles. The van der Waals surface area contributed by atoms with Crippen LogP contribution in [-0.4, -0.2) is 16.5 Å². The van der Waals surface area contributed by atoms with Gasteiger partial charge in [-0.15, -0.1) is 0 Å². The first-order valence-corrected chi connectivity index (χ1v) is 14.5. The number of allylic oxidation sites excluding steroid dienone is 1. The smallest absolute Gasteiger partial charge is 0.162 e. The number of H-pyrrole nitrogens is 1. The van der Waals surface area contributed by atoms with E-state index >= 15 is 0 Å². The minimum Gasteiger partial charge on any atom is -0.339 e. The van der Waals surface area contributed by atoms with Crippen LogP contribution < -0.4 is 0 Å². The second-order valence-corrected chi connectivity index (χ2v) is 10.7. The van der Waals surface area contributed by atoms with Gasteiger partial charge in [0.1, 0.15) is 5.82 Å². The number of aromatic amines is 1. The molecule has 6 aromatic carbocycles. The van der Waals surface area contributed by atoms with E-state index in [0.717, 1.165) is 50.6 Å². The van der Waals surface area contributed by atoms with Crippen LogP contribution in [0.15, 0.2) is 168 Å². The topological polar surface area (TPSA) is 40.5 Å². The van der Waals surface area contributed by atoms with Crippen molar-refractivity contribution in [2.24, 2.45) is 9.98 Å². The van der Waals surface area contributed by atoms with Gasteiger partial charge < -0.3 is 4.98 Å². The van der Waals surface area contributed by atoms with Gasteiger partial charge >= 0.3 is 0 Å². The van der Waals surface area contributed by atoms with Gasteiger partial charge in [-0.2, -0.15) is 0 Å². The van der Waals surface area contributed by atoms with Crippen molar-refractivity contribution in [1.29, 1.82) is 0 Å². The van der Waals surface area contributed by atoms with Crippen LogP contribution in [0.2, 0.25) is 0 Å². The summed E-state index contributed by atoms with van der Waals surface area (Å²) >= 11 is 0. The highest BCUT2D eigenvalue weighted by Crippen LogP contribution is 2.38. The number of amidine groups is 1. The molecule has 0 atom stereocenters. The Kier molecular flexibility index (Phi) is 6.12. The summed E-state index contributed by atoms with van der Waals surface area (Å²) in [5.41, 5.74) is 8.41. The number of nitrogens with one attached hydrogen (secondary N) is 1. The number of aliphatic imine (C=N–C) groups is 2.